The molecule has 0 bridgehead atoms. The van der Waals surface area contributed by atoms with Gasteiger partial charge in [0.15, 0.2) is 0 Å². The monoisotopic (exact) mass is 294 g/mol. The van der Waals surface area contributed by atoms with Gasteiger partial charge in [0.25, 0.3) is 5.56 Å². The molecular formula is C15H26N4O2. The number of hydrogen-bond donors (Lipinski definition) is 1. The van der Waals surface area contributed by atoms with Crippen LogP contribution in [0.15, 0.2) is 15.7 Å². The van der Waals surface area contributed by atoms with Crippen LogP contribution in [0.5, 0.6) is 0 Å². The Morgan fingerprint density at radius 2 is 1.90 bits per heavy atom. The second-order valence-electron chi connectivity index (χ2n) is 5.88. The van der Waals surface area contributed by atoms with Crippen molar-refractivity contribution in [1.82, 2.24) is 19.4 Å². The lowest BCUT2D eigenvalue weighted by Crippen LogP contribution is -2.56. The van der Waals surface area contributed by atoms with E-state index < -0.39 is 0 Å². The Balaban J connectivity index is 2.27. The van der Waals surface area contributed by atoms with Crippen LogP contribution in [0.1, 0.15) is 32.4 Å². The number of hydrogen-bond acceptors (Lipinski definition) is 4. The summed E-state index contributed by atoms with van der Waals surface area (Å²) in [5.74, 6) is 0. The molecule has 1 aliphatic heterocycles. The van der Waals surface area contributed by atoms with Gasteiger partial charge in [0, 0.05) is 57.6 Å². The third kappa shape index (κ3) is 3.27. The highest BCUT2D eigenvalue weighted by Gasteiger charge is 2.26. The number of rotatable bonds is 4. The summed E-state index contributed by atoms with van der Waals surface area (Å²) in [4.78, 5) is 26.3. The van der Waals surface area contributed by atoms with Gasteiger partial charge in [-0.05, 0) is 12.8 Å². The first-order chi connectivity index (χ1) is 9.97. The van der Waals surface area contributed by atoms with Crippen molar-refractivity contribution in [2.24, 2.45) is 14.1 Å². The first-order valence-electron chi connectivity index (χ1n) is 7.71. The van der Waals surface area contributed by atoms with Crippen molar-refractivity contribution in [3.63, 3.8) is 0 Å². The molecule has 2 unspecified atom stereocenters. The SMILES string of the molecule is CCC1CN(Cc2cc(=O)n(C)c(=O)n2C)C(CC)CN1. The molecule has 0 radical (unpaired) electrons. The molecule has 0 spiro atoms. The van der Waals surface area contributed by atoms with E-state index in [-0.39, 0.29) is 11.2 Å². The highest BCUT2D eigenvalue weighted by Crippen LogP contribution is 2.14. The predicted octanol–water partition coefficient (Wildman–Crippen LogP) is 0.0464. The Morgan fingerprint density at radius 1 is 1.19 bits per heavy atom. The fourth-order valence-electron chi connectivity index (χ4n) is 2.94. The molecule has 6 nitrogen and oxygen atoms in total. The van der Waals surface area contributed by atoms with Crippen LogP contribution in [-0.2, 0) is 20.6 Å². The van der Waals surface area contributed by atoms with E-state index in [1.165, 1.54) is 7.05 Å². The molecule has 21 heavy (non-hydrogen) atoms. The van der Waals surface area contributed by atoms with Crippen LogP contribution in [0.3, 0.4) is 0 Å². The highest BCUT2D eigenvalue weighted by molar-refractivity contribution is 5.03. The van der Waals surface area contributed by atoms with Gasteiger partial charge < -0.3 is 5.32 Å². The Kier molecular flexibility index (Phi) is 5.00. The fourth-order valence-corrected chi connectivity index (χ4v) is 2.94. The normalized spacial score (nSPS) is 23.4. The van der Waals surface area contributed by atoms with Gasteiger partial charge in [-0.15, -0.1) is 0 Å². The molecule has 6 heteroatoms. The van der Waals surface area contributed by atoms with Crippen molar-refractivity contribution in [2.45, 2.75) is 45.3 Å². The minimum Gasteiger partial charge on any atom is -0.311 e. The van der Waals surface area contributed by atoms with Crippen molar-refractivity contribution >= 4 is 0 Å². The van der Waals surface area contributed by atoms with E-state index in [4.69, 9.17) is 0 Å². The lowest BCUT2D eigenvalue weighted by atomic mass is 10.0. The van der Waals surface area contributed by atoms with Gasteiger partial charge >= 0.3 is 5.69 Å². The van der Waals surface area contributed by atoms with E-state index in [0.717, 1.165) is 36.2 Å². The molecule has 2 heterocycles. The molecule has 0 amide bonds. The quantitative estimate of drug-likeness (QED) is 0.852. The molecule has 1 aliphatic rings. The first kappa shape index (κ1) is 16.0. The average Bonchev–Trinajstić information content (AvgIpc) is 2.50. The Hall–Kier alpha value is -1.40. The van der Waals surface area contributed by atoms with Gasteiger partial charge in [-0.2, -0.15) is 0 Å². The molecule has 0 saturated carbocycles. The van der Waals surface area contributed by atoms with Gasteiger partial charge in [0.2, 0.25) is 0 Å². The van der Waals surface area contributed by atoms with Crippen molar-refractivity contribution in [3.05, 3.63) is 32.6 Å². The van der Waals surface area contributed by atoms with Crippen LogP contribution in [0.4, 0.5) is 0 Å². The van der Waals surface area contributed by atoms with Gasteiger partial charge in [-0.3, -0.25) is 18.8 Å². The second kappa shape index (κ2) is 6.58. The largest absolute Gasteiger partial charge is 0.330 e. The third-order valence-corrected chi connectivity index (χ3v) is 4.57. The maximum absolute atomic E-state index is 12.0. The zero-order valence-corrected chi connectivity index (χ0v) is 13.4. The Labute approximate surface area is 125 Å². The molecule has 1 aromatic heterocycles. The molecule has 1 fully saturated rings. The van der Waals surface area contributed by atoms with E-state index in [1.54, 1.807) is 17.7 Å². The first-order valence-corrected chi connectivity index (χ1v) is 7.71. The summed E-state index contributed by atoms with van der Waals surface area (Å²) in [5.41, 5.74) is 0.300. The number of piperazine rings is 1. The molecule has 1 saturated heterocycles. The van der Waals surface area contributed by atoms with Gasteiger partial charge in [0.05, 0.1) is 0 Å². The average molecular weight is 294 g/mol. The highest BCUT2D eigenvalue weighted by atomic mass is 16.2. The predicted molar refractivity (Wildman–Crippen MR) is 83.5 cm³/mol. The van der Waals surface area contributed by atoms with E-state index in [9.17, 15) is 9.59 Å². The molecular weight excluding hydrogens is 268 g/mol. The minimum atomic E-state index is -0.257. The van der Waals surface area contributed by atoms with Crippen molar-refractivity contribution < 1.29 is 0 Å². The Bertz CT molecular complexity index is 605. The molecule has 118 valence electrons. The zero-order valence-electron chi connectivity index (χ0n) is 13.4. The molecule has 0 aliphatic carbocycles. The Morgan fingerprint density at radius 3 is 2.52 bits per heavy atom. The summed E-state index contributed by atoms with van der Waals surface area (Å²) in [6, 6.07) is 2.51. The third-order valence-electron chi connectivity index (χ3n) is 4.57. The zero-order chi connectivity index (χ0) is 15.6. The standard InChI is InChI=1S/C15H26N4O2/c1-5-11-9-19(12(6-2)8-16-11)10-13-7-14(20)18(4)15(21)17(13)3/h7,11-12,16H,5-6,8-10H2,1-4H3. The number of nitrogens with zero attached hydrogens (tertiary/aromatic N) is 3. The summed E-state index contributed by atoms with van der Waals surface area (Å²) < 4.78 is 2.73. The summed E-state index contributed by atoms with van der Waals surface area (Å²) in [6.07, 6.45) is 2.14. The molecule has 2 rings (SSSR count). The van der Waals surface area contributed by atoms with E-state index in [1.807, 2.05) is 0 Å². The molecule has 1 N–H and O–H groups in total. The van der Waals surface area contributed by atoms with Gasteiger partial charge in [-0.1, -0.05) is 13.8 Å². The molecule has 0 aromatic carbocycles. The fraction of sp³-hybridized carbons (Fsp3) is 0.733. The summed E-state index contributed by atoms with van der Waals surface area (Å²) in [5, 5.41) is 3.56. The van der Waals surface area contributed by atoms with Crippen LogP contribution in [-0.4, -0.2) is 39.2 Å². The second-order valence-corrected chi connectivity index (χ2v) is 5.88. The van der Waals surface area contributed by atoms with Crippen LogP contribution < -0.4 is 16.6 Å². The van der Waals surface area contributed by atoms with E-state index in [2.05, 4.69) is 24.1 Å². The number of aromatic nitrogens is 2. The van der Waals surface area contributed by atoms with E-state index >= 15 is 0 Å². The van der Waals surface area contributed by atoms with Crippen LogP contribution >= 0.6 is 0 Å². The summed E-state index contributed by atoms with van der Waals surface area (Å²) >= 11 is 0. The number of nitrogens with one attached hydrogen (secondary N) is 1. The maximum atomic E-state index is 12.0. The van der Waals surface area contributed by atoms with Crippen LogP contribution in [0.2, 0.25) is 0 Å². The summed E-state index contributed by atoms with van der Waals surface area (Å²) in [7, 11) is 3.25. The van der Waals surface area contributed by atoms with Gasteiger partial charge in [-0.25, -0.2) is 4.79 Å². The lowest BCUT2D eigenvalue weighted by molar-refractivity contribution is 0.114. The lowest BCUT2D eigenvalue weighted by Gasteiger charge is -2.40. The van der Waals surface area contributed by atoms with Crippen LogP contribution in [0.25, 0.3) is 0 Å². The van der Waals surface area contributed by atoms with Crippen molar-refractivity contribution in [1.29, 1.82) is 0 Å². The topological polar surface area (TPSA) is 59.3 Å². The van der Waals surface area contributed by atoms with Crippen molar-refractivity contribution in [2.75, 3.05) is 13.1 Å². The van der Waals surface area contributed by atoms with E-state index in [0.29, 0.717) is 18.6 Å². The van der Waals surface area contributed by atoms with Gasteiger partial charge in [0.1, 0.15) is 0 Å². The molecule has 1 aromatic rings. The van der Waals surface area contributed by atoms with Crippen LogP contribution in [0, 0.1) is 0 Å². The minimum absolute atomic E-state index is 0.233. The smallest absolute Gasteiger partial charge is 0.311 e. The molecule has 2 atom stereocenters. The summed E-state index contributed by atoms with van der Waals surface area (Å²) in [6.45, 7) is 6.93. The maximum Gasteiger partial charge on any atom is 0.330 e. The van der Waals surface area contributed by atoms with Crippen molar-refractivity contribution in [3.8, 4) is 0 Å².